The van der Waals surface area contributed by atoms with Crippen LogP contribution in [0.5, 0.6) is 17.2 Å². The van der Waals surface area contributed by atoms with Crippen molar-refractivity contribution in [3.63, 3.8) is 0 Å². The second-order valence-electron chi connectivity index (χ2n) is 2.70. The van der Waals surface area contributed by atoms with E-state index in [1.165, 1.54) is 13.2 Å². The third-order valence-corrected chi connectivity index (χ3v) is 2.26. The summed E-state index contributed by atoms with van der Waals surface area (Å²) in [6.45, 7) is 0. The van der Waals surface area contributed by atoms with Crippen LogP contribution in [0.3, 0.4) is 0 Å². The largest absolute Gasteiger partial charge is 0.507 e. The number of ether oxygens (including phenoxy) is 2. The molecule has 0 fully saturated rings. The lowest BCUT2D eigenvalue weighted by Crippen LogP contribution is -1.91. The van der Waals surface area contributed by atoms with Gasteiger partial charge in [0, 0.05) is 11.6 Å². The smallest absolute Gasteiger partial charge is 0.164 e. The highest BCUT2D eigenvalue weighted by Gasteiger charge is 2.08. The molecule has 1 rings (SSSR count). The number of aromatic hydroxyl groups is 1. The number of hydrogen-bond donors (Lipinski definition) is 1. The van der Waals surface area contributed by atoms with Gasteiger partial charge in [-0.15, -0.1) is 0 Å². The predicted octanol–water partition coefficient (Wildman–Crippen LogP) is 3.50. The van der Waals surface area contributed by atoms with Gasteiger partial charge in [-0.1, -0.05) is 0 Å². The molecule has 15 heavy (non-hydrogen) atoms. The van der Waals surface area contributed by atoms with Crippen molar-refractivity contribution in [1.29, 1.82) is 0 Å². The molecule has 0 atom stereocenters. The fourth-order valence-electron chi connectivity index (χ4n) is 1.12. The molecule has 0 aromatic heterocycles. The van der Waals surface area contributed by atoms with E-state index in [0.29, 0.717) is 17.1 Å². The van der Waals surface area contributed by atoms with Crippen molar-refractivity contribution in [3.05, 3.63) is 21.1 Å². The Morgan fingerprint density at radius 2 is 1.73 bits per heavy atom. The first kappa shape index (κ1) is 12.4. The summed E-state index contributed by atoms with van der Waals surface area (Å²) in [6, 6.07) is 3.20. The van der Waals surface area contributed by atoms with E-state index in [1.807, 2.05) is 0 Å². The third kappa shape index (κ3) is 3.14. The van der Waals surface area contributed by atoms with E-state index >= 15 is 0 Å². The number of benzene rings is 1. The van der Waals surface area contributed by atoms with Crippen molar-refractivity contribution in [2.45, 2.75) is 0 Å². The molecule has 0 bridgehead atoms. The van der Waals surface area contributed by atoms with E-state index in [4.69, 9.17) is 9.47 Å². The summed E-state index contributed by atoms with van der Waals surface area (Å²) in [5, 5.41) is 9.67. The summed E-state index contributed by atoms with van der Waals surface area (Å²) in [5.41, 5.74) is 0.636. The molecule has 0 spiro atoms. The summed E-state index contributed by atoms with van der Waals surface area (Å²) in [5.74, 6) is 1.20. The van der Waals surface area contributed by atoms with Crippen LogP contribution in [0.15, 0.2) is 15.5 Å². The van der Waals surface area contributed by atoms with Crippen LogP contribution in [-0.2, 0) is 0 Å². The van der Waals surface area contributed by atoms with E-state index in [9.17, 15) is 5.11 Å². The Kier molecular flexibility index (Phi) is 4.47. The molecule has 1 N–H and O–H groups in total. The Balaban J connectivity index is 3.26. The molecule has 0 heterocycles. The number of hydrogen-bond acceptors (Lipinski definition) is 3. The molecule has 5 heteroatoms. The van der Waals surface area contributed by atoms with Crippen molar-refractivity contribution in [2.24, 2.45) is 0 Å². The molecule has 0 amide bonds. The lowest BCUT2D eigenvalue weighted by molar-refractivity contribution is 0.351. The quantitative estimate of drug-likeness (QED) is 0.917. The molecular formula is C10H10Br2O3. The average Bonchev–Trinajstić information content (AvgIpc) is 2.19. The van der Waals surface area contributed by atoms with Crippen LogP contribution in [0.25, 0.3) is 6.08 Å². The maximum atomic E-state index is 9.67. The predicted molar refractivity (Wildman–Crippen MR) is 67.0 cm³/mol. The minimum absolute atomic E-state index is 0.129. The summed E-state index contributed by atoms with van der Waals surface area (Å²) >= 11 is 6.44. The standard InChI is InChI=1S/C10H10Br2O3/c1-14-8-3-6(4-10(11)12)7(13)5-9(8)15-2/h3-5,13H,1-2H3. The van der Waals surface area contributed by atoms with Crippen molar-refractivity contribution in [2.75, 3.05) is 14.2 Å². The Morgan fingerprint density at radius 1 is 1.20 bits per heavy atom. The molecule has 0 aliphatic rings. The van der Waals surface area contributed by atoms with Gasteiger partial charge in [-0.3, -0.25) is 0 Å². The molecule has 0 radical (unpaired) electrons. The van der Waals surface area contributed by atoms with E-state index in [1.54, 1.807) is 19.3 Å². The van der Waals surface area contributed by atoms with Crippen LogP contribution >= 0.6 is 31.9 Å². The topological polar surface area (TPSA) is 38.7 Å². The minimum atomic E-state index is 0.129. The van der Waals surface area contributed by atoms with Crippen molar-refractivity contribution in [3.8, 4) is 17.2 Å². The highest BCUT2D eigenvalue weighted by atomic mass is 79.9. The van der Waals surface area contributed by atoms with Crippen LogP contribution in [0.4, 0.5) is 0 Å². The van der Waals surface area contributed by atoms with Gasteiger partial charge in [-0.25, -0.2) is 0 Å². The summed E-state index contributed by atoms with van der Waals surface area (Å²) in [6.07, 6.45) is 1.72. The summed E-state index contributed by atoms with van der Waals surface area (Å²) in [4.78, 5) is 0. The molecule has 82 valence electrons. The van der Waals surface area contributed by atoms with Crippen LogP contribution in [0.1, 0.15) is 5.56 Å². The Hall–Kier alpha value is -0.680. The zero-order chi connectivity index (χ0) is 11.4. The molecule has 1 aromatic rings. The number of methoxy groups -OCH3 is 2. The van der Waals surface area contributed by atoms with Crippen LogP contribution in [0, 0.1) is 0 Å². The molecule has 1 aromatic carbocycles. The zero-order valence-electron chi connectivity index (χ0n) is 8.25. The minimum Gasteiger partial charge on any atom is -0.507 e. The first-order valence-corrected chi connectivity index (χ1v) is 5.64. The molecule has 3 nitrogen and oxygen atoms in total. The van der Waals surface area contributed by atoms with Gasteiger partial charge in [0.25, 0.3) is 0 Å². The van der Waals surface area contributed by atoms with Gasteiger partial charge in [0.05, 0.1) is 17.6 Å². The maximum Gasteiger partial charge on any atom is 0.164 e. The highest BCUT2D eigenvalue weighted by molar-refractivity contribution is 9.28. The first-order valence-electron chi connectivity index (χ1n) is 4.06. The monoisotopic (exact) mass is 336 g/mol. The second-order valence-corrected chi connectivity index (χ2v) is 5.47. The van der Waals surface area contributed by atoms with Gasteiger partial charge in [0.15, 0.2) is 11.5 Å². The molecule has 0 aliphatic carbocycles. The Labute approximate surface area is 105 Å². The second kappa shape index (κ2) is 5.42. The van der Waals surface area contributed by atoms with E-state index in [-0.39, 0.29) is 5.75 Å². The van der Waals surface area contributed by atoms with Crippen LogP contribution in [-0.4, -0.2) is 19.3 Å². The average molecular weight is 338 g/mol. The SMILES string of the molecule is COc1cc(O)c(C=C(Br)Br)cc1OC. The van der Waals surface area contributed by atoms with Crippen LogP contribution in [0.2, 0.25) is 0 Å². The van der Waals surface area contributed by atoms with Gasteiger partial charge in [0.2, 0.25) is 0 Å². The number of phenolic OH excluding ortho intramolecular Hbond substituents is 1. The van der Waals surface area contributed by atoms with E-state index < -0.39 is 0 Å². The lowest BCUT2D eigenvalue weighted by Gasteiger charge is -2.09. The lowest BCUT2D eigenvalue weighted by atomic mass is 10.2. The Bertz CT molecular complexity index is 384. The van der Waals surface area contributed by atoms with Gasteiger partial charge in [-0.05, 0) is 44.0 Å². The van der Waals surface area contributed by atoms with E-state index in [2.05, 4.69) is 31.9 Å². The molecule has 0 aliphatic heterocycles. The number of halogens is 2. The number of phenols is 1. The van der Waals surface area contributed by atoms with Crippen molar-refractivity contribution >= 4 is 37.9 Å². The Morgan fingerprint density at radius 3 is 2.20 bits per heavy atom. The molecule has 0 unspecified atom stereocenters. The van der Waals surface area contributed by atoms with Gasteiger partial charge in [-0.2, -0.15) is 0 Å². The maximum absolute atomic E-state index is 9.67. The zero-order valence-corrected chi connectivity index (χ0v) is 11.4. The fraction of sp³-hybridized carbons (Fsp3) is 0.200. The molecule has 0 saturated carbocycles. The van der Waals surface area contributed by atoms with Crippen LogP contribution < -0.4 is 9.47 Å². The first-order chi connectivity index (χ1) is 7.08. The van der Waals surface area contributed by atoms with E-state index in [0.717, 1.165) is 3.39 Å². The summed E-state index contributed by atoms with van der Waals surface area (Å²) in [7, 11) is 3.07. The summed E-state index contributed by atoms with van der Waals surface area (Å²) < 4.78 is 10.9. The molecular weight excluding hydrogens is 328 g/mol. The highest BCUT2D eigenvalue weighted by Crippen LogP contribution is 2.35. The molecule has 0 saturated heterocycles. The van der Waals surface area contributed by atoms with Crippen molar-refractivity contribution in [1.82, 2.24) is 0 Å². The van der Waals surface area contributed by atoms with Crippen molar-refractivity contribution < 1.29 is 14.6 Å². The van der Waals surface area contributed by atoms with Gasteiger partial charge < -0.3 is 14.6 Å². The van der Waals surface area contributed by atoms with Gasteiger partial charge >= 0.3 is 0 Å². The normalized spacial score (nSPS) is 9.60. The third-order valence-electron chi connectivity index (χ3n) is 1.80. The number of rotatable bonds is 3. The fourth-order valence-corrected chi connectivity index (χ4v) is 1.61. The van der Waals surface area contributed by atoms with Gasteiger partial charge in [0.1, 0.15) is 5.75 Å².